The third-order valence-corrected chi connectivity index (χ3v) is 8.19. The predicted molar refractivity (Wildman–Crippen MR) is 155 cm³/mol. The van der Waals surface area contributed by atoms with Crippen LogP contribution in [0.15, 0.2) is 71.6 Å². The second-order valence-corrected chi connectivity index (χ2v) is 11.6. The Morgan fingerprint density at radius 3 is 1.98 bits per heavy atom. The maximum atomic E-state index is 14.0. The number of nitrogens with one attached hydrogen (secondary N) is 1. The van der Waals surface area contributed by atoms with Crippen LogP contribution in [0.5, 0.6) is 11.5 Å². The monoisotopic (exact) mass is 603 g/mol. The van der Waals surface area contributed by atoms with E-state index in [0.29, 0.717) is 11.3 Å². The van der Waals surface area contributed by atoms with Crippen LogP contribution in [0.3, 0.4) is 0 Å². The Morgan fingerprint density at radius 1 is 0.881 bits per heavy atom. The van der Waals surface area contributed by atoms with Gasteiger partial charge in [-0.2, -0.15) is 0 Å². The number of nitrogens with zero attached hydrogens (tertiary/aromatic N) is 2. The number of anilines is 1. The molecule has 0 bridgehead atoms. The van der Waals surface area contributed by atoms with E-state index in [1.54, 1.807) is 20.8 Å². The third kappa shape index (κ3) is 7.75. The lowest BCUT2D eigenvalue weighted by atomic mass is 10.1. The van der Waals surface area contributed by atoms with Crippen LogP contribution in [0.25, 0.3) is 0 Å². The molecule has 42 heavy (non-hydrogen) atoms. The van der Waals surface area contributed by atoms with Gasteiger partial charge in [0.15, 0.2) is 11.5 Å². The van der Waals surface area contributed by atoms with E-state index in [0.717, 1.165) is 16.4 Å². The van der Waals surface area contributed by atoms with Gasteiger partial charge in [0.1, 0.15) is 24.2 Å². The first-order valence-corrected chi connectivity index (χ1v) is 14.7. The molecule has 3 aromatic carbocycles. The summed E-state index contributed by atoms with van der Waals surface area (Å²) in [5, 5.41) is 2.80. The van der Waals surface area contributed by atoms with Gasteiger partial charge in [0.05, 0.1) is 24.8 Å². The quantitative estimate of drug-likeness (QED) is 0.308. The van der Waals surface area contributed by atoms with Gasteiger partial charge in [-0.05, 0) is 74.4 Å². The van der Waals surface area contributed by atoms with Crippen LogP contribution in [-0.4, -0.2) is 58.0 Å². The number of hydrogen-bond donors (Lipinski definition) is 1. The molecular formula is C30H35F2N3O6S. The molecule has 0 aliphatic rings. The summed E-state index contributed by atoms with van der Waals surface area (Å²) >= 11 is 0. The number of carbonyl (C=O) groups is 2. The molecule has 12 heteroatoms. The highest BCUT2D eigenvalue weighted by Gasteiger charge is 2.34. The molecule has 226 valence electrons. The van der Waals surface area contributed by atoms with Crippen molar-refractivity contribution < 1.29 is 36.3 Å². The molecule has 2 amide bonds. The summed E-state index contributed by atoms with van der Waals surface area (Å²) in [5.41, 5.74) is 0.567. The van der Waals surface area contributed by atoms with Gasteiger partial charge in [0.25, 0.3) is 10.0 Å². The number of carbonyl (C=O) groups excluding carboxylic acids is 2. The molecule has 0 saturated heterocycles. The molecule has 0 aromatic heterocycles. The molecule has 1 unspecified atom stereocenters. The van der Waals surface area contributed by atoms with E-state index < -0.39 is 46.1 Å². The van der Waals surface area contributed by atoms with Gasteiger partial charge in [0.2, 0.25) is 11.8 Å². The van der Waals surface area contributed by atoms with Gasteiger partial charge < -0.3 is 19.7 Å². The highest BCUT2D eigenvalue weighted by molar-refractivity contribution is 7.92. The van der Waals surface area contributed by atoms with Crippen molar-refractivity contribution >= 4 is 27.5 Å². The highest BCUT2D eigenvalue weighted by Crippen LogP contribution is 2.32. The van der Waals surface area contributed by atoms with E-state index in [1.165, 1.54) is 73.7 Å². The first-order chi connectivity index (χ1) is 19.9. The minimum Gasteiger partial charge on any atom is -0.493 e. The largest absolute Gasteiger partial charge is 0.493 e. The van der Waals surface area contributed by atoms with E-state index in [9.17, 15) is 26.8 Å². The Morgan fingerprint density at radius 2 is 1.45 bits per heavy atom. The zero-order chi connectivity index (χ0) is 31.0. The molecule has 0 aliphatic carbocycles. The summed E-state index contributed by atoms with van der Waals surface area (Å²) in [6, 6.07) is 12.9. The van der Waals surface area contributed by atoms with Crippen molar-refractivity contribution in [3.63, 3.8) is 0 Å². The SMILES string of the molecule is CCC(C(=O)NC(C)C)N(Cc1ccc(F)cc1)C(=O)CN(c1ccc(F)cc1)S(=O)(=O)c1ccc(OC)c(OC)c1. The fourth-order valence-corrected chi connectivity index (χ4v) is 5.76. The molecule has 1 atom stereocenters. The van der Waals surface area contributed by atoms with E-state index in [4.69, 9.17) is 9.47 Å². The summed E-state index contributed by atoms with van der Waals surface area (Å²) in [6.45, 7) is 4.49. The summed E-state index contributed by atoms with van der Waals surface area (Å²) in [5.74, 6) is -1.73. The Kier molecular flexibility index (Phi) is 10.9. The third-order valence-electron chi connectivity index (χ3n) is 6.42. The smallest absolute Gasteiger partial charge is 0.264 e. The number of benzene rings is 3. The van der Waals surface area contributed by atoms with Crippen LogP contribution in [-0.2, 0) is 26.2 Å². The number of sulfonamides is 1. The number of hydrogen-bond acceptors (Lipinski definition) is 6. The molecule has 0 fully saturated rings. The fourth-order valence-electron chi connectivity index (χ4n) is 4.33. The maximum absolute atomic E-state index is 14.0. The van der Waals surface area contributed by atoms with Gasteiger partial charge in [-0.15, -0.1) is 0 Å². The van der Waals surface area contributed by atoms with Crippen molar-refractivity contribution in [2.75, 3.05) is 25.1 Å². The van der Waals surface area contributed by atoms with Crippen molar-refractivity contribution in [1.29, 1.82) is 0 Å². The Hall–Kier alpha value is -4.19. The molecule has 0 heterocycles. The summed E-state index contributed by atoms with van der Waals surface area (Å²) in [6.07, 6.45) is 0.227. The van der Waals surface area contributed by atoms with Gasteiger partial charge in [0, 0.05) is 18.7 Å². The van der Waals surface area contributed by atoms with Crippen LogP contribution in [0.1, 0.15) is 32.8 Å². The zero-order valence-electron chi connectivity index (χ0n) is 24.1. The topological polar surface area (TPSA) is 105 Å². The zero-order valence-corrected chi connectivity index (χ0v) is 25.0. The minimum atomic E-state index is -4.43. The van der Waals surface area contributed by atoms with Crippen molar-refractivity contribution in [2.45, 2.75) is 50.7 Å². The Labute approximate surface area is 245 Å². The fraction of sp³-hybridized carbons (Fsp3) is 0.333. The maximum Gasteiger partial charge on any atom is 0.264 e. The number of methoxy groups -OCH3 is 2. The van der Waals surface area contributed by atoms with Crippen LogP contribution < -0.4 is 19.1 Å². The van der Waals surface area contributed by atoms with E-state index >= 15 is 0 Å². The first kappa shape index (κ1) is 32.3. The molecule has 1 N–H and O–H groups in total. The average Bonchev–Trinajstić information content (AvgIpc) is 2.96. The van der Waals surface area contributed by atoms with Crippen molar-refractivity contribution in [3.05, 3.63) is 83.9 Å². The molecular weight excluding hydrogens is 568 g/mol. The van der Waals surface area contributed by atoms with Gasteiger partial charge in [-0.25, -0.2) is 17.2 Å². The summed E-state index contributed by atoms with van der Waals surface area (Å²) < 4.78 is 66.7. The number of rotatable bonds is 13. The van der Waals surface area contributed by atoms with Crippen LogP contribution in [0.4, 0.5) is 14.5 Å². The van der Waals surface area contributed by atoms with Crippen molar-refractivity contribution in [1.82, 2.24) is 10.2 Å². The molecule has 3 rings (SSSR count). The first-order valence-electron chi connectivity index (χ1n) is 13.3. The highest BCUT2D eigenvalue weighted by atomic mass is 32.2. The van der Waals surface area contributed by atoms with Gasteiger partial charge in [-0.3, -0.25) is 13.9 Å². The number of amides is 2. The van der Waals surface area contributed by atoms with Crippen LogP contribution in [0, 0.1) is 11.6 Å². The van der Waals surface area contributed by atoms with Crippen molar-refractivity contribution in [3.8, 4) is 11.5 Å². The molecule has 0 saturated carbocycles. The summed E-state index contributed by atoms with van der Waals surface area (Å²) in [7, 11) is -1.66. The van der Waals surface area contributed by atoms with Gasteiger partial charge in [-0.1, -0.05) is 19.1 Å². The lowest BCUT2D eigenvalue weighted by Crippen LogP contribution is -2.53. The molecule has 0 spiro atoms. The Balaban J connectivity index is 2.09. The lowest BCUT2D eigenvalue weighted by Gasteiger charge is -2.33. The molecule has 9 nitrogen and oxygen atoms in total. The van der Waals surface area contributed by atoms with Gasteiger partial charge >= 0.3 is 0 Å². The summed E-state index contributed by atoms with van der Waals surface area (Å²) in [4.78, 5) is 28.2. The van der Waals surface area contributed by atoms with Crippen LogP contribution >= 0.6 is 0 Å². The molecule has 3 aromatic rings. The second-order valence-electron chi connectivity index (χ2n) is 9.74. The predicted octanol–water partition coefficient (Wildman–Crippen LogP) is 4.51. The molecule has 0 aliphatic heterocycles. The van der Waals surface area contributed by atoms with E-state index in [2.05, 4.69) is 5.32 Å². The second kappa shape index (κ2) is 14.1. The van der Waals surface area contributed by atoms with E-state index in [-0.39, 0.29) is 35.3 Å². The van der Waals surface area contributed by atoms with E-state index in [1.807, 2.05) is 0 Å². The average molecular weight is 604 g/mol. The Bertz CT molecular complexity index is 1480. The van der Waals surface area contributed by atoms with Crippen molar-refractivity contribution in [2.24, 2.45) is 0 Å². The minimum absolute atomic E-state index is 0.0287. The standard InChI is InChI=1S/C30H35F2N3O6S/c1-6-26(30(37)33-20(2)3)34(18-21-7-9-22(31)10-8-21)29(36)19-35(24-13-11-23(32)12-14-24)42(38,39)25-15-16-27(40-4)28(17-25)41-5/h7-17,20,26H,6,18-19H2,1-5H3,(H,33,37). The number of halogens is 2. The number of ether oxygens (including phenoxy) is 2. The lowest BCUT2D eigenvalue weighted by molar-refractivity contribution is -0.140. The van der Waals surface area contributed by atoms with Crippen LogP contribution in [0.2, 0.25) is 0 Å². The normalized spacial score (nSPS) is 12.0. The molecule has 0 radical (unpaired) electrons.